The first-order valence-corrected chi connectivity index (χ1v) is 6.31. The molecule has 5 nitrogen and oxygen atoms in total. The number of allylic oxidation sites excluding steroid dienone is 1. The maximum Gasteiger partial charge on any atom is 0.334 e. The van der Waals surface area contributed by atoms with Crippen molar-refractivity contribution in [2.45, 2.75) is 19.8 Å². The SMILES string of the molecule is CC1=NC(C)=C(C(=O)O)C(c2ccccc2F)C1C(=O)O. The lowest BCUT2D eigenvalue weighted by molar-refractivity contribution is -0.140. The van der Waals surface area contributed by atoms with Crippen LogP contribution in [0.15, 0.2) is 40.5 Å². The highest BCUT2D eigenvalue weighted by Crippen LogP contribution is 2.39. The maximum absolute atomic E-state index is 14.1. The van der Waals surface area contributed by atoms with Gasteiger partial charge in [-0.25, -0.2) is 9.18 Å². The minimum absolute atomic E-state index is 0.0518. The van der Waals surface area contributed by atoms with E-state index < -0.39 is 29.6 Å². The predicted octanol–water partition coefficient (Wildman–Crippen LogP) is 2.44. The van der Waals surface area contributed by atoms with Gasteiger partial charge in [0.2, 0.25) is 0 Å². The summed E-state index contributed by atoms with van der Waals surface area (Å²) in [7, 11) is 0. The Balaban J connectivity index is 2.72. The summed E-state index contributed by atoms with van der Waals surface area (Å²) < 4.78 is 14.1. The van der Waals surface area contributed by atoms with E-state index >= 15 is 0 Å². The zero-order valence-corrected chi connectivity index (χ0v) is 11.5. The van der Waals surface area contributed by atoms with E-state index in [0.29, 0.717) is 0 Å². The highest BCUT2D eigenvalue weighted by Gasteiger charge is 2.41. The van der Waals surface area contributed by atoms with E-state index in [2.05, 4.69) is 4.99 Å². The molecule has 0 amide bonds. The number of carboxylic acid groups (broad SMARTS) is 2. The molecule has 0 saturated heterocycles. The molecule has 0 aromatic heterocycles. The lowest BCUT2D eigenvalue weighted by Crippen LogP contribution is -2.35. The van der Waals surface area contributed by atoms with Crippen molar-refractivity contribution in [3.63, 3.8) is 0 Å². The van der Waals surface area contributed by atoms with Crippen molar-refractivity contribution >= 4 is 17.7 Å². The van der Waals surface area contributed by atoms with Crippen molar-refractivity contribution in [2.24, 2.45) is 10.9 Å². The number of halogens is 1. The molecule has 2 rings (SSSR count). The Morgan fingerprint density at radius 1 is 1.19 bits per heavy atom. The fraction of sp³-hybridized carbons (Fsp3) is 0.267. The van der Waals surface area contributed by atoms with Crippen LogP contribution in [0, 0.1) is 11.7 Å². The van der Waals surface area contributed by atoms with Gasteiger partial charge in [-0.15, -0.1) is 0 Å². The minimum Gasteiger partial charge on any atom is -0.481 e. The summed E-state index contributed by atoms with van der Waals surface area (Å²) in [5, 5.41) is 18.8. The molecule has 0 aliphatic carbocycles. The Bertz CT molecular complexity index is 678. The molecule has 1 aromatic carbocycles. The molecule has 1 aromatic rings. The zero-order valence-electron chi connectivity index (χ0n) is 11.5. The number of benzene rings is 1. The standard InChI is InChI=1S/C15H14FNO4/c1-7-11(14(18)19)13(9-5-3-4-6-10(9)16)12(15(20)21)8(2)17-7/h3-6,11,13H,1-2H3,(H,18,19)(H,20,21). The van der Waals surface area contributed by atoms with Crippen LogP contribution >= 0.6 is 0 Å². The number of nitrogens with zero attached hydrogens (tertiary/aromatic N) is 1. The molecule has 21 heavy (non-hydrogen) atoms. The fourth-order valence-corrected chi connectivity index (χ4v) is 2.70. The Labute approximate surface area is 120 Å². The first-order valence-electron chi connectivity index (χ1n) is 6.31. The van der Waals surface area contributed by atoms with Crippen LogP contribution in [0.1, 0.15) is 25.3 Å². The van der Waals surface area contributed by atoms with Gasteiger partial charge in [-0.3, -0.25) is 9.79 Å². The van der Waals surface area contributed by atoms with Gasteiger partial charge in [-0.1, -0.05) is 18.2 Å². The fourth-order valence-electron chi connectivity index (χ4n) is 2.70. The van der Waals surface area contributed by atoms with E-state index in [-0.39, 0.29) is 22.5 Å². The first kappa shape index (κ1) is 14.9. The third-order valence-electron chi connectivity index (χ3n) is 3.57. The number of carbonyl (C=O) groups is 2. The molecule has 110 valence electrons. The van der Waals surface area contributed by atoms with Gasteiger partial charge in [0.15, 0.2) is 0 Å². The quantitative estimate of drug-likeness (QED) is 0.895. The van der Waals surface area contributed by atoms with Crippen molar-refractivity contribution in [2.75, 3.05) is 0 Å². The van der Waals surface area contributed by atoms with Crippen LogP contribution in [0.2, 0.25) is 0 Å². The summed E-state index contributed by atoms with van der Waals surface area (Å²) in [4.78, 5) is 27.0. The number of hydrogen-bond donors (Lipinski definition) is 2. The van der Waals surface area contributed by atoms with Crippen LogP contribution < -0.4 is 0 Å². The lowest BCUT2D eigenvalue weighted by atomic mass is 9.75. The molecule has 1 aliphatic rings. The molecule has 2 atom stereocenters. The summed E-state index contributed by atoms with van der Waals surface area (Å²) in [6.45, 7) is 2.99. The second-order valence-electron chi connectivity index (χ2n) is 4.87. The Morgan fingerprint density at radius 3 is 2.33 bits per heavy atom. The number of rotatable bonds is 3. The molecule has 6 heteroatoms. The topological polar surface area (TPSA) is 87.0 Å². The molecule has 0 saturated carbocycles. The number of aliphatic carboxylic acids is 2. The molecule has 2 unspecified atom stereocenters. The van der Waals surface area contributed by atoms with E-state index in [4.69, 9.17) is 0 Å². The normalized spacial score (nSPS) is 22.0. The minimum atomic E-state index is -1.29. The Morgan fingerprint density at radius 2 is 1.81 bits per heavy atom. The monoisotopic (exact) mass is 291 g/mol. The predicted molar refractivity (Wildman–Crippen MR) is 73.7 cm³/mol. The summed E-state index contributed by atoms with van der Waals surface area (Å²) in [6.07, 6.45) is 0. The van der Waals surface area contributed by atoms with Gasteiger partial charge in [-0.05, 0) is 25.5 Å². The van der Waals surface area contributed by atoms with Crippen LogP contribution in [0.25, 0.3) is 0 Å². The molecule has 2 N–H and O–H groups in total. The summed E-state index contributed by atoms with van der Waals surface area (Å²) in [6, 6.07) is 5.61. The number of hydrogen-bond acceptors (Lipinski definition) is 3. The highest BCUT2D eigenvalue weighted by molar-refractivity contribution is 6.06. The van der Waals surface area contributed by atoms with Gasteiger partial charge in [0.05, 0.1) is 5.57 Å². The molecular weight excluding hydrogens is 277 g/mol. The zero-order chi connectivity index (χ0) is 15.7. The smallest absolute Gasteiger partial charge is 0.334 e. The first-order chi connectivity index (χ1) is 9.84. The van der Waals surface area contributed by atoms with Gasteiger partial charge < -0.3 is 10.2 Å². The second-order valence-corrected chi connectivity index (χ2v) is 4.87. The summed E-state index contributed by atoms with van der Waals surface area (Å²) >= 11 is 0. The van der Waals surface area contributed by atoms with Gasteiger partial charge in [-0.2, -0.15) is 0 Å². The molecule has 0 fully saturated rings. The molecule has 1 aliphatic heterocycles. The second kappa shape index (κ2) is 5.47. The van der Waals surface area contributed by atoms with Crippen LogP contribution in [-0.4, -0.2) is 27.9 Å². The third-order valence-corrected chi connectivity index (χ3v) is 3.57. The van der Waals surface area contributed by atoms with E-state index in [0.717, 1.165) is 0 Å². The average Bonchev–Trinajstić information content (AvgIpc) is 2.37. The van der Waals surface area contributed by atoms with E-state index in [9.17, 15) is 24.2 Å². The van der Waals surface area contributed by atoms with Gasteiger partial charge >= 0.3 is 11.9 Å². The van der Waals surface area contributed by atoms with Crippen LogP contribution in [-0.2, 0) is 9.59 Å². The molecule has 0 spiro atoms. The van der Waals surface area contributed by atoms with Crippen LogP contribution in [0.3, 0.4) is 0 Å². The van der Waals surface area contributed by atoms with Gasteiger partial charge in [0.25, 0.3) is 0 Å². The van der Waals surface area contributed by atoms with E-state index in [1.54, 1.807) is 6.07 Å². The maximum atomic E-state index is 14.1. The lowest BCUT2D eigenvalue weighted by Gasteiger charge is -2.29. The van der Waals surface area contributed by atoms with Gasteiger partial charge in [0.1, 0.15) is 11.7 Å². The average molecular weight is 291 g/mol. The van der Waals surface area contributed by atoms with Gasteiger partial charge in [0, 0.05) is 17.3 Å². The summed E-state index contributed by atoms with van der Waals surface area (Å²) in [5.74, 6) is -5.44. The van der Waals surface area contributed by atoms with Crippen molar-refractivity contribution in [3.8, 4) is 0 Å². The van der Waals surface area contributed by atoms with E-state index in [1.807, 2.05) is 0 Å². The Hall–Kier alpha value is -2.50. The highest BCUT2D eigenvalue weighted by atomic mass is 19.1. The largest absolute Gasteiger partial charge is 0.481 e. The Kier molecular flexibility index (Phi) is 3.88. The number of carboxylic acids is 2. The van der Waals surface area contributed by atoms with E-state index in [1.165, 1.54) is 32.0 Å². The summed E-state index contributed by atoms with van der Waals surface area (Å²) in [5.41, 5.74) is 0.331. The van der Waals surface area contributed by atoms with Crippen molar-refractivity contribution in [3.05, 3.63) is 46.9 Å². The molecule has 0 radical (unpaired) electrons. The number of aliphatic imine (C=N–C) groups is 1. The molecule has 1 heterocycles. The van der Waals surface area contributed by atoms with Crippen LogP contribution in [0.5, 0.6) is 0 Å². The van der Waals surface area contributed by atoms with Crippen molar-refractivity contribution in [1.29, 1.82) is 0 Å². The molecular formula is C15H14FNO4. The van der Waals surface area contributed by atoms with Crippen molar-refractivity contribution in [1.82, 2.24) is 0 Å². The van der Waals surface area contributed by atoms with Crippen LogP contribution in [0.4, 0.5) is 4.39 Å². The molecule has 0 bridgehead atoms. The third kappa shape index (κ3) is 2.56. The van der Waals surface area contributed by atoms with Crippen molar-refractivity contribution < 1.29 is 24.2 Å².